The predicted octanol–water partition coefficient (Wildman–Crippen LogP) is 3.61. The average molecular weight is 340 g/mol. The SMILES string of the molecule is OCCCNc1nc(NCc2cccs2)cc(-c2ccccc2)n1. The molecule has 24 heavy (non-hydrogen) atoms. The third-order valence-electron chi connectivity index (χ3n) is 3.44. The summed E-state index contributed by atoms with van der Waals surface area (Å²) < 4.78 is 0. The van der Waals surface area contributed by atoms with Crippen molar-refractivity contribution in [2.75, 3.05) is 23.8 Å². The normalized spacial score (nSPS) is 10.5. The second-order valence-corrected chi connectivity index (χ2v) is 6.30. The zero-order valence-electron chi connectivity index (χ0n) is 13.3. The van der Waals surface area contributed by atoms with E-state index >= 15 is 0 Å². The molecule has 0 fully saturated rings. The zero-order valence-corrected chi connectivity index (χ0v) is 14.1. The number of nitrogens with zero attached hydrogens (tertiary/aromatic N) is 2. The smallest absolute Gasteiger partial charge is 0.225 e. The minimum atomic E-state index is 0.148. The Hall–Kier alpha value is -2.44. The molecule has 0 atom stereocenters. The topological polar surface area (TPSA) is 70.1 Å². The Morgan fingerprint density at radius 2 is 1.88 bits per heavy atom. The average Bonchev–Trinajstić information content (AvgIpc) is 3.14. The Morgan fingerprint density at radius 1 is 1.00 bits per heavy atom. The van der Waals surface area contributed by atoms with Crippen LogP contribution in [0.25, 0.3) is 11.3 Å². The highest BCUT2D eigenvalue weighted by atomic mass is 32.1. The zero-order chi connectivity index (χ0) is 16.6. The largest absolute Gasteiger partial charge is 0.396 e. The second kappa shape index (κ2) is 8.42. The lowest BCUT2D eigenvalue weighted by atomic mass is 10.1. The van der Waals surface area contributed by atoms with Gasteiger partial charge in [-0.05, 0) is 17.9 Å². The van der Waals surface area contributed by atoms with Gasteiger partial charge in [0.1, 0.15) is 5.82 Å². The Labute approximate surface area is 145 Å². The number of benzene rings is 1. The van der Waals surface area contributed by atoms with Crippen molar-refractivity contribution >= 4 is 23.1 Å². The molecule has 5 nitrogen and oxygen atoms in total. The highest BCUT2D eigenvalue weighted by Gasteiger charge is 2.07. The van der Waals surface area contributed by atoms with Crippen LogP contribution in [0.15, 0.2) is 53.9 Å². The fourth-order valence-corrected chi connectivity index (χ4v) is 2.89. The molecule has 0 aliphatic carbocycles. The summed E-state index contributed by atoms with van der Waals surface area (Å²) in [5, 5.41) is 17.5. The van der Waals surface area contributed by atoms with E-state index in [0.717, 1.165) is 23.6 Å². The van der Waals surface area contributed by atoms with Crippen LogP contribution in [0.1, 0.15) is 11.3 Å². The van der Waals surface area contributed by atoms with E-state index in [4.69, 9.17) is 5.11 Å². The molecule has 0 bridgehead atoms. The molecular weight excluding hydrogens is 320 g/mol. The van der Waals surface area contributed by atoms with Gasteiger partial charge >= 0.3 is 0 Å². The molecule has 6 heteroatoms. The summed E-state index contributed by atoms with van der Waals surface area (Å²) in [5.74, 6) is 1.35. The number of nitrogens with one attached hydrogen (secondary N) is 2. The van der Waals surface area contributed by atoms with Crippen molar-refractivity contribution in [1.82, 2.24) is 9.97 Å². The Bertz CT molecular complexity index is 747. The third-order valence-corrected chi connectivity index (χ3v) is 4.31. The van der Waals surface area contributed by atoms with Crippen LogP contribution in [0.3, 0.4) is 0 Å². The van der Waals surface area contributed by atoms with Crippen molar-refractivity contribution in [3.63, 3.8) is 0 Å². The van der Waals surface area contributed by atoms with E-state index in [-0.39, 0.29) is 6.61 Å². The lowest BCUT2D eigenvalue weighted by Gasteiger charge is -2.11. The predicted molar refractivity (Wildman–Crippen MR) is 99.3 cm³/mol. The van der Waals surface area contributed by atoms with Crippen molar-refractivity contribution in [2.45, 2.75) is 13.0 Å². The standard InChI is InChI=1S/C18H20N4OS/c23-10-5-9-19-18-21-16(14-6-2-1-3-7-14)12-17(22-18)20-13-15-8-4-11-24-15/h1-4,6-8,11-12,23H,5,9-10,13H2,(H2,19,20,21,22). The van der Waals surface area contributed by atoms with Crippen LogP contribution in [0.5, 0.6) is 0 Å². The fraction of sp³-hybridized carbons (Fsp3) is 0.222. The summed E-state index contributed by atoms with van der Waals surface area (Å²) in [6.45, 7) is 1.52. The first-order valence-electron chi connectivity index (χ1n) is 7.90. The highest BCUT2D eigenvalue weighted by Crippen LogP contribution is 2.22. The van der Waals surface area contributed by atoms with Gasteiger partial charge in [0.2, 0.25) is 5.95 Å². The lowest BCUT2D eigenvalue weighted by Crippen LogP contribution is -2.09. The van der Waals surface area contributed by atoms with E-state index in [0.29, 0.717) is 18.9 Å². The summed E-state index contributed by atoms with van der Waals surface area (Å²) in [5.41, 5.74) is 1.91. The summed E-state index contributed by atoms with van der Waals surface area (Å²) in [4.78, 5) is 10.4. The molecule has 124 valence electrons. The number of hydrogen-bond donors (Lipinski definition) is 3. The van der Waals surface area contributed by atoms with Crippen molar-refractivity contribution < 1.29 is 5.11 Å². The lowest BCUT2D eigenvalue weighted by molar-refractivity contribution is 0.292. The van der Waals surface area contributed by atoms with Gasteiger partial charge in [-0.1, -0.05) is 36.4 Å². The van der Waals surface area contributed by atoms with Crippen molar-refractivity contribution in [3.05, 3.63) is 58.8 Å². The third kappa shape index (κ3) is 4.53. The van der Waals surface area contributed by atoms with Gasteiger partial charge in [-0.3, -0.25) is 0 Å². The van der Waals surface area contributed by atoms with E-state index in [9.17, 15) is 0 Å². The number of aliphatic hydroxyl groups is 1. The van der Waals surface area contributed by atoms with Crippen LogP contribution in [-0.2, 0) is 6.54 Å². The minimum absolute atomic E-state index is 0.148. The van der Waals surface area contributed by atoms with Gasteiger partial charge in [0.25, 0.3) is 0 Å². The molecule has 0 saturated carbocycles. The first-order chi connectivity index (χ1) is 11.8. The maximum Gasteiger partial charge on any atom is 0.225 e. The van der Waals surface area contributed by atoms with Crippen LogP contribution >= 0.6 is 11.3 Å². The van der Waals surface area contributed by atoms with E-state index in [1.165, 1.54) is 4.88 Å². The Balaban J connectivity index is 1.81. The monoisotopic (exact) mass is 340 g/mol. The Kier molecular flexibility index (Phi) is 5.76. The molecule has 0 spiro atoms. The molecular formula is C18H20N4OS. The quantitative estimate of drug-likeness (QED) is 0.547. The first kappa shape index (κ1) is 16.4. The van der Waals surface area contributed by atoms with Crippen molar-refractivity contribution in [1.29, 1.82) is 0 Å². The molecule has 2 aromatic heterocycles. The second-order valence-electron chi connectivity index (χ2n) is 5.26. The van der Waals surface area contributed by atoms with Crippen LogP contribution < -0.4 is 10.6 Å². The number of aromatic nitrogens is 2. The molecule has 2 heterocycles. The maximum absolute atomic E-state index is 8.93. The summed E-state index contributed by atoms with van der Waals surface area (Å²) in [6.07, 6.45) is 0.664. The summed E-state index contributed by atoms with van der Waals surface area (Å²) >= 11 is 1.71. The van der Waals surface area contributed by atoms with Gasteiger partial charge in [0.05, 0.1) is 12.2 Å². The van der Waals surface area contributed by atoms with Crippen molar-refractivity contribution in [3.8, 4) is 11.3 Å². The number of thiophene rings is 1. The molecule has 0 amide bonds. The summed E-state index contributed by atoms with van der Waals surface area (Å²) in [6, 6.07) is 16.1. The van der Waals surface area contributed by atoms with Crippen LogP contribution in [0.4, 0.5) is 11.8 Å². The van der Waals surface area contributed by atoms with Gasteiger partial charge in [0, 0.05) is 29.7 Å². The summed E-state index contributed by atoms with van der Waals surface area (Å²) in [7, 11) is 0. The van der Waals surface area contributed by atoms with Crippen LogP contribution in [0.2, 0.25) is 0 Å². The number of hydrogen-bond acceptors (Lipinski definition) is 6. The number of anilines is 2. The molecule has 1 aromatic carbocycles. The van der Waals surface area contributed by atoms with Gasteiger partial charge in [0.15, 0.2) is 0 Å². The molecule has 3 N–H and O–H groups in total. The minimum Gasteiger partial charge on any atom is -0.396 e. The molecule has 0 aliphatic rings. The van der Waals surface area contributed by atoms with E-state index in [1.54, 1.807) is 11.3 Å². The van der Waals surface area contributed by atoms with E-state index in [1.807, 2.05) is 42.5 Å². The molecule has 3 aromatic rings. The molecule has 0 radical (unpaired) electrons. The van der Waals surface area contributed by atoms with E-state index < -0.39 is 0 Å². The van der Waals surface area contributed by atoms with Gasteiger partial charge in [-0.2, -0.15) is 4.98 Å². The highest BCUT2D eigenvalue weighted by molar-refractivity contribution is 7.09. The van der Waals surface area contributed by atoms with E-state index in [2.05, 4.69) is 32.0 Å². The maximum atomic E-state index is 8.93. The number of aliphatic hydroxyl groups excluding tert-OH is 1. The molecule has 3 rings (SSSR count). The van der Waals surface area contributed by atoms with Gasteiger partial charge < -0.3 is 15.7 Å². The molecule has 0 aliphatic heterocycles. The van der Waals surface area contributed by atoms with Crippen LogP contribution in [0, 0.1) is 0 Å². The number of rotatable bonds is 8. The Morgan fingerprint density at radius 3 is 2.62 bits per heavy atom. The van der Waals surface area contributed by atoms with Crippen LogP contribution in [-0.4, -0.2) is 28.2 Å². The van der Waals surface area contributed by atoms with Gasteiger partial charge in [-0.15, -0.1) is 11.3 Å². The molecule has 0 saturated heterocycles. The first-order valence-corrected chi connectivity index (χ1v) is 8.78. The molecule has 0 unspecified atom stereocenters. The van der Waals surface area contributed by atoms with Crippen molar-refractivity contribution in [2.24, 2.45) is 0 Å². The van der Waals surface area contributed by atoms with Gasteiger partial charge in [-0.25, -0.2) is 4.98 Å². The fourth-order valence-electron chi connectivity index (χ4n) is 2.24.